The largest absolute Gasteiger partial charge is 0.368 e. The predicted molar refractivity (Wildman–Crippen MR) is 98.9 cm³/mol. The van der Waals surface area contributed by atoms with E-state index in [-0.39, 0.29) is 0 Å². The maximum Gasteiger partial charge on any atom is 0.0661 e. The number of piperazine rings is 1. The summed E-state index contributed by atoms with van der Waals surface area (Å²) in [6.07, 6.45) is 0. The first-order valence-corrected chi connectivity index (χ1v) is 8.44. The predicted octanol–water partition coefficient (Wildman–Crippen LogP) is 4.54. The quantitative estimate of drug-likeness (QED) is 0.759. The zero-order valence-corrected chi connectivity index (χ0v) is 14.6. The molecule has 1 saturated heterocycles. The van der Waals surface area contributed by atoms with Gasteiger partial charge in [-0.2, -0.15) is 5.10 Å². The van der Waals surface area contributed by atoms with Crippen molar-refractivity contribution in [3.8, 4) is 0 Å². The van der Waals surface area contributed by atoms with E-state index in [1.165, 1.54) is 5.69 Å². The summed E-state index contributed by atoms with van der Waals surface area (Å²) in [6.45, 7) is 5.72. The summed E-state index contributed by atoms with van der Waals surface area (Å²) in [4.78, 5) is 2.39. The molecule has 0 atom stereocenters. The van der Waals surface area contributed by atoms with Crippen LogP contribution >= 0.6 is 23.2 Å². The molecule has 1 aliphatic heterocycles. The zero-order valence-electron chi connectivity index (χ0n) is 13.0. The molecule has 1 heterocycles. The van der Waals surface area contributed by atoms with Gasteiger partial charge in [0.05, 0.1) is 23.8 Å². The molecule has 23 heavy (non-hydrogen) atoms. The van der Waals surface area contributed by atoms with E-state index in [1.807, 2.05) is 25.1 Å². The van der Waals surface area contributed by atoms with Crippen LogP contribution in [0.4, 0.5) is 5.69 Å². The molecular weight excluding hydrogens is 329 g/mol. The Labute approximate surface area is 147 Å². The van der Waals surface area contributed by atoms with Crippen LogP contribution in [0.25, 0.3) is 0 Å². The van der Waals surface area contributed by atoms with Crippen LogP contribution in [0.5, 0.6) is 0 Å². The topological polar surface area (TPSA) is 18.8 Å². The first kappa shape index (κ1) is 16.2. The number of para-hydroxylation sites is 1. The highest BCUT2D eigenvalue weighted by atomic mass is 35.5. The lowest BCUT2D eigenvalue weighted by Gasteiger charge is -2.35. The van der Waals surface area contributed by atoms with E-state index >= 15 is 0 Å². The van der Waals surface area contributed by atoms with Gasteiger partial charge in [0, 0.05) is 29.4 Å². The minimum Gasteiger partial charge on any atom is -0.368 e. The molecule has 1 fully saturated rings. The Hall–Kier alpha value is -1.71. The second kappa shape index (κ2) is 7.24. The van der Waals surface area contributed by atoms with E-state index < -0.39 is 0 Å². The molecule has 0 saturated carbocycles. The number of hydrazone groups is 1. The van der Waals surface area contributed by atoms with Crippen LogP contribution in [-0.4, -0.2) is 36.9 Å². The van der Waals surface area contributed by atoms with Crippen molar-refractivity contribution < 1.29 is 0 Å². The fourth-order valence-electron chi connectivity index (χ4n) is 2.74. The van der Waals surface area contributed by atoms with Crippen LogP contribution in [0.2, 0.25) is 10.0 Å². The second-order valence-electron chi connectivity index (χ2n) is 5.59. The van der Waals surface area contributed by atoms with Gasteiger partial charge in [-0.05, 0) is 31.2 Å². The summed E-state index contributed by atoms with van der Waals surface area (Å²) in [5, 5.41) is 8.11. The van der Waals surface area contributed by atoms with E-state index in [4.69, 9.17) is 28.3 Å². The molecule has 120 valence electrons. The van der Waals surface area contributed by atoms with Crippen molar-refractivity contribution in [3.05, 3.63) is 64.1 Å². The second-order valence-corrected chi connectivity index (χ2v) is 6.43. The minimum atomic E-state index is 0.640. The molecular formula is C18H19Cl2N3. The molecule has 2 aromatic carbocycles. The lowest BCUT2D eigenvalue weighted by molar-refractivity contribution is 0.270. The van der Waals surface area contributed by atoms with Gasteiger partial charge in [-0.15, -0.1) is 0 Å². The van der Waals surface area contributed by atoms with E-state index in [9.17, 15) is 0 Å². The fourth-order valence-corrected chi connectivity index (χ4v) is 3.29. The molecule has 2 aromatic rings. The van der Waals surface area contributed by atoms with Gasteiger partial charge in [-0.3, -0.25) is 5.01 Å². The molecule has 3 rings (SSSR count). The van der Waals surface area contributed by atoms with Crippen LogP contribution in [0.1, 0.15) is 12.5 Å². The Morgan fingerprint density at radius 3 is 2.30 bits per heavy atom. The Bertz CT molecular complexity index is 693. The highest BCUT2D eigenvalue weighted by molar-refractivity contribution is 6.36. The van der Waals surface area contributed by atoms with Crippen molar-refractivity contribution in [2.24, 2.45) is 5.10 Å². The van der Waals surface area contributed by atoms with Crippen LogP contribution in [0.3, 0.4) is 0 Å². The highest BCUT2D eigenvalue weighted by Crippen LogP contribution is 2.22. The van der Waals surface area contributed by atoms with Crippen LogP contribution in [-0.2, 0) is 0 Å². The maximum absolute atomic E-state index is 6.25. The molecule has 0 N–H and O–H groups in total. The smallest absolute Gasteiger partial charge is 0.0661 e. The van der Waals surface area contributed by atoms with Gasteiger partial charge >= 0.3 is 0 Å². The van der Waals surface area contributed by atoms with E-state index in [1.54, 1.807) is 6.07 Å². The molecule has 0 amide bonds. The van der Waals surface area contributed by atoms with Gasteiger partial charge in [0.15, 0.2) is 0 Å². The van der Waals surface area contributed by atoms with E-state index in [0.29, 0.717) is 10.0 Å². The lowest BCUT2D eigenvalue weighted by atomic mass is 10.1. The van der Waals surface area contributed by atoms with Crippen LogP contribution in [0, 0.1) is 0 Å². The van der Waals surface area contributed by atoms with Crippen molar-refractivity contribution in [3.63, 3.8) is 0 Å². The maximum atomic E-state index is 6.25. The third-order valence-corrected chi connectivity index (χ3v) is 4.54. The Morgan fingerprint density at radius 1 is 0.957 bits per heavy atom. The average molecular weight is 348 g/mol. The molecule has 0 spiro atoms. The van der Waals surface area contributed by atoms with Crippen molar-refractivity contribution in [2.45, 2.75) is 6.92 Å². The number of nitrogens with zero attached hydrogens (tertiary/aromatic N) is 3. The Morgan fingerprint density at radius 2 is 1.65 bits per heavy atom. The molecule has 0 aromatic heterocycles. The summed E-state index contributed by atoms with van der Waals surface area (Å²) < 4.78 is 0. The number of hydrogen-bond acceptors (Lipinski definition) is 3. The number of rotatable bonds is 3. The summed E-state index contributed by atoms with van der Waals surface area (Å²) in [5.41, 5.74) is 3.12. The van der Waals surface area contributed by atoms with Crippen molar-refractivity contribution in [1.82, 2.24) is 5.01 Å². The first-order chi connectivity index (χ1) is 11.1. The van der Waals surface area contributed by atoms with Crippen molar-refractivity contribution in [1.29, 1.82) is 0 Å². The number of anilines is 1. The van der Waals surface area contributed by atoms with Crippen molar-refractivity contribution in [2.75, 3.05) is 31.1 Å². The molecule has 5 heteroatoms. The molecule has 0 unspecified atom stereocenters. The third kappa shape index (κ3) is 3.98. The molecule has 0 radical (unpaired) electrons. The average Bonchev–Trinajstić information content (AvgIpc) is 2.56. The zero-order chi connectivity index (χ0) is 16.2. The van der Waals surface area contributed by atoms with E-state index in [2.05, 4.69) is 34.2 Å². The summed E-state index contributed by atoms with van der Waals surface area (Å²) in [6, 6.07) is 16.0. The SMILES string of the molecule is C/C(=N/N1CCN(c2ccccc2)CC1)c1ccc(Cl)cc1Cl. The van der Waals surface area contributed by atoms with Crippen LogP contribution in [0.15, 0.2) is 53.6 Å². The number of halogens is 2. The number of benzene rings is 2. The molecule has 0 aliphatic carbocycles. The minimum absolute atomic E-state index is 0.640. The summed E-state index contributed by atoms with van der Waals surface area (Å²) >= 11 is 12.2. The standard InChI is InChI=1S/C18H19Cl2N3/c1-14(17-8-7-15(19)13-18(17)20)21-23-11-9-22(10-12-23)16-5-3-2-4-6-16/h2-8,13H,9-12H2,1H3/b21-14-. The fraction of sp³-hybridized carbons (Fsp3) is 0.278. The highest BCUT2D eigenvalue weighted by Gasteiger charge is 2.16. The van der Waals surface area contributed by atoms with Gasteiger partial charge in [-0.25, -0.2) is 0 Å². The summed E-state index contributed by atoms with van der Waals surface area (Å²) in [5.74, 6) is 0. The Kier molecular flexibility index (Phi) is 5.09. The van der Waals surface area contributed by atoms with Gasteiger partial charge in [0.1, 0.15) is 0 Å². The monoisotopic (exact) mass is 347 g/mol. The van der Waals surface area contributed by atoms with Crippen LogP contribution < -0.4 is 4.90 Å². The normalized spacial score (nSPS) is 15.9. The van der Waals surface area contributed by atoms with Gasteiger partial charge in [0.2, 0.25) is 0 Å². The van der Waals surface area contributed by atoms with E-state index in [0.717, 1.165) is 37.5 Å². The molecule has 1 aliphatic rings. The van der Waals surface area contributed by atoms with Gasteiger partial charge < -0.3 is 4.90 Å². The van der Waals surface area contributed by atoms with Crippen molar-refractivity contribution >= 4 is 34.6 Å². The Balaban J connectivity index is 1.65. The summed E-state index contributed by atoms with van der Waals surface area (Å²) in [7, 11) is 0. The van der Waals surface area contributed by atoms with Gasteiger partial charge in [-0.1, -0.05) is 47.5 Å². The third-order valence-electron chi connectivity index (χ3n) is 3.99. The first-order valence-electron chi connectivity index (χ1n) is 7.69. The molecule has 3 nitrogen and oxygen atoms in total. The number of hydrogen-bond donors (Lipinski definition) is 0. The lowest BCUT2D eigenvalue weighted by Crippen LogP contribution is -2.44. The molecule has 0 bridgehead atoms. The van der Waals surface area contributed by atoms with Gasteiger partial charge in [0.25, 0.3) is 0 Å².